The van der Waals surface area contributed by atoms with Gasteiger partial charge < -0.3 is 10.2 Å². The first-order valence-corrected chi connectivity index (χ1v) is 7.54. The van der Waals surface area contributed by atoms with E-state index in [1.54, 1.807) is 0 Å². The van der Waals surface area contributed by atoms with Gasteiger partial charge in [-0.3, -0.25) is 4.68 Å². The number of nitrogens with zero attached hydrogens (tertiary/aromatic N) is 3. The molecule has 23 heavy (non-hydrogen) atoms. The van der Waals surface area contributed by atoms with Crippen molar-refractivity contribution in [3.05, 3.63) is 47.8 Å². The Morgan fingerprint density at radius 2 is 1.70 bits per heavy atom. The summed E-state index contributed by atoms with van der Waals surface area (Å²) in [6.07, 6.45) is 2.06. The third-order valence-electron chi connectivity index (χ3n) is 3.34. The van der Waals surface area contributed by atoms with E-state index in [0.717, 1.165) is 25.3 Å². The topological polar surface area (TPSA) is 33.1 Å². The number of nitrogens with one attached hydrogen (secondary N) is 1. The smallest absolute Gasteiger partial charge is 0.0762 e. The van der Waals surface area contributed by atoms with Crippen molar-refractivity contribution in [3.8, 4) is 0 Å². The highest BCUT2D eigenvalue weighted by Gasteiger charge is 2.01. The van der Waals surface area contributed by atoms with Crippen molar-refractivity contribution >= 4 is 30.5 Å². The van der Waals surface area contributed by atoms with Gasteiger partial charge in [-0.15, -0.1) is 24.8 Å². The lowest BCUT2D eigenvalue weighted by molar-refractivity contribution is 0.477. The minimum atomic E-state index is 0. The fourth-order valence-corrected chi connectivity index (χ4v) is 2.22. The molecule has 0 spiro atoms. The third-order valence-corrected chi connectivity index (χ3v) is 3.34. The Hall–Kier alpha value is -1.23. The number of hydrogen-bond acceptors (Lipinski definition) is 3. The molecule has 0 fully saturated rings. The molecule has 0 aliphatic rings. The summed E-state index contributed by atoms with van der Waals surface area (Å²) < 4.78 is 2.02. The van der Waals surface area contributed by atoms with Crippen molar-refractivity contribution in [1.82, 2.24) is 15.1 Å². The average Bonchev–Trinajstić information content (AvgIpc) is 2.86. The standard InChI is InChI=1S/C17H26N4.2ClH/c1-14(2)13-21-10-9-16(19-21)12-18-11-15-5-7-17(8-6-15)20(3)4;;/h5-10,14,18H,11-13H2,1-4H3;2*1H. The summed E-state index contributed by atoms with van der Waals surface area (Å²) in [4.78, 5) is 2.11. The lowest BCUT2D eigenvalue weighted by atomic mass is 10.2. The summed E-state index contributed by atoms with van der Waals surface area (Å²) in [5.41, 5.74) is 3.62. The van der Waals surface area contributed by atoms with Crippen molar-refractivity contribution in [2.24, 2.45) is 5.92 Å². The van der Waals surface area contributed by atoms with Crippen LogP contribution in [-0.4, -0.2) is 23.9 Å². The predicted molar refractivity (Wildman–Crippen MR) is 103 cm³/mol. The Bertz CT molecular complexity index is 550. The maximum Gasteiger partial charge on any atom is 0.0762 e. The number of aromatic nitrogens is 2. The van der Waals surface area contributed by atoms with E-state index in [4.69, 9.17) is 0 Å². The Labute approximate surface area is 152 Å². The van der Waals surface area contributed by atoms with E-state index >= 15 is 0 Å². The molecule has 1 aromatic carbocycles. The highest BCUT2D eigenvalue weighted by Crippen LogP contribution is 2.12. The fraction of sp³-hybridized carbons (Fsp3) is 0.471. The first-order chi connectivity index (χ1) is 10.0. The molecule has 6 heteroatoms. The van der Waals surface area contributed by atoms with Crippen LogP contribution in [-0.2, 0) is 19.6 Å². The summed E-state index contributed by atoms with van der Waals surface area (Å²) in [6.45, 7) is 7.06. The van der Waals surface area contributed by atoms with Gasteiger partial charge in [0, 0.05) is 45.6 Å². The first kappa shape index (κ1) is 21.8. The number of rotatable bonds is 7. The second-order valence-corrected chi connectivity index (χ2v) is 6.09. The van der Waals surface area contributed by atoms with E-state index in [9.17, 15) is 0 Å². The van der Waals surface area contributed by atoms with Crippen molar-refractivity contribution in [2.75, 3.05) is 19.0 Å². The summed E-state index contributed by atoms with van der Waals surface area (Å²) in [5.74, 6) is 0.626. The molecule has 0 aliphatic heterocycles. The molecule has 130 valence electrons. The van der Waals surface area contributed by atoms with Gasteiger partial charge in [0.05, 0.1) is 5.69 Å². The molecule has 0 unspecified atom stereocenters. The van der Waals surface area contributed by atoms with Gasteiger partial charge in [0.2, 0.25) is 0 Å². The van der Waals surface area contributed by atoms with Gasteiger partial charge in [-0.1, -0.05) is 26.0 Å². The fourth-order valence-electron chi connectivity index (χ4n) is 2.22. The van der Waals surface area contributed by atoms with Crippen LogP contribution in [0.5, 0.6) is 0 Å². The van der Waals surface area contributed by atoms with Crippen LogP contribution in [0.25, 0.3) is 0 Å². The predicted octanol–water partition coefficient (Wildman–Crippen LogP) is 3.74. The molecule has 0 atom stereocenters. The molecule has 0 aliphatic carbocycles. The summed E-state index contributed by atoms with van der Waals surface area (Å²) in [5, 5.41) is 8.01. The van der Waals surface area contributed by atoms with Crippen molar-refractivity contribution in [2.45, 2.75) is 33.5 Å². The second-order valence-electron chi connectivity index (χ2n) is 6.09. The molecule has 2 rings (SSSR count). The zero-order valence-corrected chi connectivity index (χ0v) is 16.0. The van der Waals surface area contributed by atoms with Crippen LogP contribution in [0.4, 0.5) is 5.69 Å². The summed E-state index contributed by atoms with van der Waals surface area (Å²) in [6, 6.07) is 10.7. The van der Waals surface area contributed by atoms with Gasteiger partial charge in [0.15, 0.2) is 0 Å². The highest BCUT2D eigenvalue weighted by atomic mass is 35.5. The van der Waals surface area contributed by atoms with Gasteiger partial charge in [0.1, 0.15) is 0 Å². The molecular formula is C17H28Cl2N4. The molecule has 4 nitrogen and oxygen atoms in total. The minimum Gasteiger partial charge on any atom is -0.378 e. The molecule has 0 saturated carbocycles. The molecule has 1 heterocycles. The largest absolute Gasteiger partial charge is 0.378 e. The van der Waals surface area contributed by atoms with Gasteiger partial charge in [-0.2, -0.15) is 5.10 Å². The molecular weight excluding hydrogens is 331 g/mol. The van der Waals surface area contributed by atoms with Crippen LogP contribution in [0.3, 0.4) is 0 Å². The van der Waals surface area contributed by atoms with Crippen LogP contribution >= 0.6 is 24.8 Å². The number of halogens is 2. The molecule has 2 aromatic rings. The van der Waals surface area contributed by atoms with Crippen LogP contribution in [0, 0.1) is 5.92 Å². The first-order valence-electron chi connectivity index (χ1n) is 7.54. The second kappa shape index (κ2) is 10.5. The Kier molecular flexibility index (Phi) is 9.96. The molecule has 0 amide bonds. The molecule has 0 bridgehead atoms. The molecule has 0 saturated heterocycles. The number of benzene rings is 1. The third kappa shape index (κ3) is 7.25. The van der Waals surface area contributed by atoms with E-state index in [0.29, 0.717) is 5.92 Å². The van der Waals surface area contributed by atoms with E-state index < -0.39 is 0 Å². The van der Waals surface area contributed by atoms with Crippen molar-refractivity contribution in [1.29, 1.82) is 0 Å². The zero-order chi connectivity index (χ0) is 15.2. The molecule has 1 aromatic heterocycles. The lowest BCUT2D eigenvalue weighted by Crippen LogP contribution is -2.14. The van der Waals surface area contributed by atoms with Crippen LogP contribution in [0.2, 0.25) is 0 Å². The van der Waals surface area contributed by atoms with Crippen LogP contribution < -0.4 is 10.2 Å². The maximum absolute atomic E-state index is 4.57. The SMILES string of the molecule is CC(C)Cn1ccc(CNCc2ccc(N(C)C)cc2)n1.Cl.Cl. The maximum atomic E-state index is 4.57. The van der Waals surface area contributed by atoms with E-state index in [1.165, 1.54) is 11.3 Å². The van der Waals surface area contributed by atoms with E-state index in [1.807, 2.05) is 4.68 Å². The quantitative estimate of drug-likeness (QED) is 0.818. The monoisotopic (exact) mass is 358 g/mol. The van der Waals surface area contributed by atoms with Gasteiger partial charge in [-0.05, 0) is 29.7 Å². The lowest BCUT2D eigenvalue weighted by Gasteiger charge is -2.12. The van der Waals surface area contributed by atoms with Gasteiger partial charge in [0.25, 0.3) is 0 Å². The van der Waals surface area contributed by atoms with Gasteiger partial charge in [-0.25, -0.2) is 0 Å². The number of anilines is 1. The summed E-state index contributed by atoms with van der Waals surface area (Å²) >= 11 is 0. The molecule has 0 radical (unpaired) electrons. The number of hydrogen-bond donors (Lipinski definition) is 1. The van der Waals surface area contributed by atoms with Crippen LogP contribution in [0.1, 0.15) is 25.1 Å². The van der Waals surface area contributed by atoms with Crippen molar-refractivity contribution < 1.29 is 0 Å². The van der Waals surface area contributed by atoms with E-state index in [2.05, 4.69) is 79.8 Å². The minimum absolute atomic E-state index is 0. The Morgan fingerprint density at radius 1 is 1.04 bits per heavy atom. The highest BCUT2D eigenvalue weighted by molar-refractivity contribution is 5.85. The average molecular weight is 359 g/mol. The Morgan fingerprint density at radius 3 is 2.26 bits per heavy atom. The normalized spacial score (nSPS) is 10.1. The summed E-state index contributed by atoms with van der Waals surface area (Å²) in [7, 11) is 4.11. The van der Waals surface area contributed by atoms with Crippen LogP contribution in [0.15, 0.2) is 36.5 Å². The van der Waals surface area contributed by atoms with Gasteiger partial charge >= 0.3 is 0 Å². The Balaban J connectivity index is 0.00000242. The molecule has 1 N–H and O–H groups in total. The zero-order valence-electron chi connectivity index (χ0n) is 14.3. The van der Waals surface area contributed by atoms with E-state index in [-0.39, 0.29) is 24.8 Å². The van der Waals surface area contributed by atoms with Crippen molar-refractivity contribution in [3.63, 3.8) is 0 Å².